The number of carbonyl (C=O) groups is 1. The highest BCUT2D eigenvalue weighted by Crippen LogP contribution is 2.37. The van der Waals surface area contributed by atoms with Crippen molar-refractivity contribution in [3.8, 4) is 5.75 Å². The molecule has 3 nitrogen and oxygen atoms in total. The van der Waals surface area contributed by atoms with Crippen LogP contribution >= 0.6 is 0 Å². The molecule has 3 heteroatoms. The minimum atomic E-state index is -0.638. The topological polar surface area (TPSA) is 46.5 Å². The third-order valence-electron chi connectivity index (χ3n) is 4.05. The predicted octanol–water partition coefficient (Wildman–Crippen LogP) is 3.75. The third-order valence-corrected chi connectivity index (χ3v) is 4.05. The number of benzene rings is 1. The molecule has 0 spiro atoms. The van der Waals surface area contributed by atoms with Gasteiger partial charge in [0, 0.05) is 0 Å². The lowest BCUT2D eigenvalue weighted by Crippen LogP contribution is -2.20. The molecule has 1 aliphatic carbocycles. The van der Waals surface area contributed by atoms with Crippen LogP contribution in [0, 0.1) is 12.8 Å². The lowest BCUT2D eigenvalue weighted by molar-refractivity contribution is -0.142. The number of carboxylic acid groups (broad SMARTS) is 1. The fourth-order valence-electron chi connectivity index (χ4n) is 2.92. The van der Waals surface area contributed by atoms with Gasteiger partial charge in [0.05, 0.1) is 12.5 Å². The molecule has 0 bridgehead atoms. The summed E-state index contributed by atoms with van der Waals surface area (Å²) >= 11 is 0. The molecule has 1 N–H and O–H groups in total. The van der Waals surface area contributed by atoms with Crippen LogP contribution in [0.15, 0.2) is 18.2 Å². The molecular weight excluding hydrogens is 240 g/mol. The van der Waals surface area contributed by atoms with Crippen molar-refractivity contribution in [3.63, 3.8) is 0 Å². The maximum atomic E-state index is 11.0. The van der Waals surface area contributed by atoms with Gasteiger partial charge in [-0.2, -0.15) is 0 Å². The second-order valence-electron chi connectivity index (χ2n) is 5.34. The summed E-state index contributed by atoms with van der Waals surface area (Å²) in [4.78, 5) is 11.0. The van der Waals surface area contributed by atoms with Gasteiger partial charge in [0.15, 0.2) is 0 Å². The molecule has 0 saturated heterocycles. The first-order valence-corrected chi connectivity index (χ1v) is 7.08. The van der Waals surface area contributed by atoms with E-state index in [2.05, 4.69) is 19.1 Å². The molecule has 0 aliphatic heterocycles. The van der Waals surface area contributed by atoms with Gasteiger partial charge >= 0.3 is 5.97 Å². The summed E-state index contributed by atoms with van der Waals surface area (Å²) in [5, 5.41) is 9.02. The van der Waals surface area contributed by atoms with E-state index in [-0.39, 0.29) is 5.92 Å². The van der Waals surface area contributed by atoms with Gasteiger partial charge in [0.1, 0.15) is 5.75 Å². The molecule has 0 radical (unpaired) electrons. The van der Waals surface area contributed by atoms with E-state index in [1.54, 1.807) is 0 Å². The smallest absolute Gasteiger partial charge is 0.306 e. The van der Waals surface area contributed by atoms with E-state index < -0.39 is 5.97 Å². The summed E-state index contributed by atoms with van der Waals surface area (Å²) in [6.45, 7) is 4.74. The van der Waals surface area contributed by atoms with Crippen LogP contribution < -0.4 is 4.74 Å². The molecule has 1 aromatic carbocycles. The molecule has 1 fully saturated rings. The maximum absolute atomic E-state index is 11.0. The van der Waals surface area contributed by atoms with Crippen LogP contribution in [0.25, 0.3) is 0 Å². The lowest BCUT2D eigenvalue weighted by Gasteiger charge is -2.26. The van der Waals surface area contributed by atoms with Crippen LogP contribution in [0.5, 0.6) is 5.75 Å². The standard InChI is InChI=1S/C16H22O3/c1-3-19-15-9-8-14(10-11(15)2)12-4-6-13(7-5-12)16(17)18/h8-10,12-13H,3-7H2,1-2H3,(H,17,18). The molecule has 0 atom stereocenters. The number of carboxylic acids is 1. The molecule has 0 amide bonds. The van der Waals surface area contributed by atoms with Crippen molar-refractivity contribution in [1.82, 2.24) is 0 Å². The maximum Gasteiger partial charge on any atom is 0.306 e. The average Bonchev–Trinajstić information content (AvgIpc) is 2.41. The second-order valence-corrected chi connectivity index (χ2v) is 5.34. The van der Waals surface area contributed by atoms with Gasteiger partial charge in [-0.3, -0.25) is 4.79 Å². The van der Waals surface area contributed by atoms with E-state index in [1.165, 1.54) is 11.1 Å². The van der Waals surface area contributed by atoms with Crippen LogP contribution in [0.4, 0.5) is 0 Å². The molecule has 0 unspecified atom stereocenters. The summed E-state index contributed by atoms with van der Waals surface area (Å²) in [7, 11) is 0. The summed E-state index contributed by atoms with van der Waals surface area (Å²) < 4.78 is 5.55. The molecule has 1 saturated carbocycles. The van der Waals surface area contributed by atoms with E-state index in [0.717, 1.165) is 31.4 Å². The SMILES string of the molecule is CCOc1ccc(C2CCC(C(=O)O)CC2)cc1C. The van der Waals surface area contributed by atoms with Gasteiger partial charge in [-0.05, 0) is 62.6 Å². The van der Waals surface area contributed by atoms with Crippen molar-refractivity contribution in [2.24, 2.45) is 5.92 Å². The minimum Gasteiger partial charge on any atom is -0.494 e. The molecule has 0 heterocycles. The highest BCUT2D eigenvalue weighted by molar-refractivity contribution is 5.70. The monoisotopic (exact) mass is 262 g/mol. The van der Waals surface area contributed by atoms with Crippen molar-refractivity contribution in [3.05, 3.63) is 29.3 Å². The first kappa shape index (κ1) is 13.9. The number of hydrogen-bond acceptors (Lipinski definition) is 2. The Bertz CT molecular complexity index is 445. The minimum absolute atomic E-state index is 0.139. The fraction of sp³-hybridized carbons (Fsp3) is 0.562. The highest BCUT2D eigenvalue weighted by Gasteiger charge is 2.26. The van der Waals surface area contributed by atoms with Gasteiger partial charge in [-0.15, -0.1) is 0 Å². The molecule has 104 valence electrons. The number of aliphatic carboxylic acids is 1. The van der Waals surface area contributed by atoms with Gasteiger partial charge in [0.2, 0.25) is 0 Å². The number of rotatable bonds is 4. The van der Waals surface area contributed by atoms with Crippen LogP contribution in [-0.4, -0.2) is 17.7 Å². The Morgan fingerprint density at radius 3 is 2.53 bits per heavy atom. The fourth-order valence-corrected chi connectivity index (χ4v) is 2.92. The Kier molecular flexibility index (Phi) is 4.46. The van der Waals surface area contributed by atoms with Crippen molar-refractivity contribution >= 4 is 5.97 Å². The second kappa shape index (κ2) is 6.09. The van der Waals surface area contributed by atoms with Crippen LogP contribution in [0.1, 0.15) is 49.7 Å². The predicted molar refractivity (Wildman–Crippen MR) is 74.7 cm³/mol. The average molecular weight is 262 g/mol. The number of aryl methyl sites for hydroxylation is 1. The molecular formula is C16H22O3. The van der Waals surface area contributed by atoms with Gasteiger partial charge in [0.25, 0.3) is 0 Å². The van der Waals surface area contributed by atoms with E-state index in [0.29, 0.717) is 12.5 Å². The van der Waals surface area contributed by atoms with E-state index in [1.807, 2.05) is 13.0 Å². The first-order valence-electron chi connectivity index (χ1n) is 7.08. The van der Waals surface area contributed by atoms with E-state index in [9.17, 15) is 4.79 Å². The largest absolute Gasteiger partial charge is 0.494 e. The number of ether oxygens (including phenoxy) is 1. The summed E-state index contributed by atoms with van der Waals surface area (Å²) in [6, 6.07) is 6.36. The molecule has 1 aromatic rings. The Morgan fingerprint density at radius 1 is 1.32 bits per heavy atom. The zero-order valence-electron chi connectivity index (χ0n) is 11.7. The van der Waals surface area contributed by atoms with Crippen LogP contribution in [-0.2, 0) is 4.79 Å². The van der Waals surface area contributed by atoms with Gasteiger partial charge in [-0.25, -0.2) is 0 Å². The highest BCUT2D eigenvalue weighted by atomic mass is 16.5. The van der Waals surface area contributed by atoms with Crippen molar-refractivity contribution in [2.75, 3.05) is 6.61 Å². The Morgan fingerprint density at radius 2 is 2.00 bits per heavy atom. The Hall–Kier alpha value is -1.51. The number of hydrogen-bond donors (Lipinski definition) is 1. The van der Waals surface area contributed by atoms with Gasteiger partial charge in [-0.1, -0.05) is 12.1 Å². The summed E-state index contributed by atoms with van der Waals surface area (Å²) in [6.07, 6.45) is 3.55. The van der Waals surface area contributed by atoms with Crippen molar-refractivity contribution < 1.29 is 14.6 Å². The molecule has 1 aliphatic rings. The van der Waals surface area contributed by atoms with Crippen LogP contribution in [0.2, 0.25) is 0 Å². The van der Waals surface area contributed by atoms with Crippen molar-refractivity contribution in [2.45, 2.75) is 45.4 Å². The third kappa shape index (κ3) is 3.28. The summed E-state index contributed by atoms with van der Waals surface area (Å²) in [5.41, 5.74) is 2.49. The quantitative estimate of drug-likeness (QED) is 0.898. The molecule has 0 aromatic heterocycles. The summed E-state index contributed by atoms with van der Waals surface area (Å²) in [5.74, 6) is 0.678. The van der Waals surface area contributed by atoms with Crippen LogP contribution in [0.3, 0.4) is 0 Å². The normalized spacial score (nSPS) is 23.1. The van der Waals surface area contributed by atoms with Crippen molar-refractivity contribution in [1.29, 1.82) is 0 Å². The zero-order chi connectivity index (χ0) is 13.8. The molecule has 19 heavy (non-hydrogen) atoms. The lowest BCUT2D eigenvalue weighted by atomic mass is 9.78. The Balaban J connectivity index is 2.03. The van der Waals surface area contributed by atoms with Gasteiger partial charge < -0.3 is 9.84 Å². The van der Waals surface area contributed by atoms with E-state index >= 15 is 0 Å². The zero-order valence-corrected chi connectivity index (χ0v) is 11.7. The van der Waals surface area contributed by atoms with E-state index in [4.69, 9.17) is 9.84 Å². The first-order chi connectivity index (χ1) is 9.11. The molecule has 2 rings (SSSR count). The Labute approximate surface area is 114 Å².